The molecular weight excluding hydrogens is 216 g/mol. The Hall–Kier alpha value is -1.89. The molecule has 0 aliphatic carbocycles. The number of rotatable bonds is 5. The van der Waals surface area contributed by atoms with Gasteiger partial charge in [0.1, 0.15) is 6.10 Å². The third-order valence-corrected chi connectivity index (χ3v) is 2.55. The van der Waals surface area contributed by atoms with Gasteiger partial charge in [-0.15, -0.1) is 0 Å². The van der Waals surface area contributed by atoms with Crippen molar-refractivity contribution in [2.75, 3.05) is 0 Å². The molecule has 0 spiro atoms. The van der Waals surface area contributed by atoms with Crippen LogP contribution in [-0.4, -0.2) is 17.1 Å². The van der Waals surface area contributed by atoms with Crippen LogP contribution in [-0.2, 0) is 11.2 Å². The molecular formula is C13H16N2O2. The van der Waals surface area contributed by atoms with Crippen LogP contribution in [0.3, 0.4) is 0 Å². The summed E-state index contributed by atoms with van der Waals surface area (Å²) in [5.74, 6) is -0.369. The zero-order valence-electron chi connectivity index (χ0n) is 10.1. The molecule has 0 unspecified atom stereocenters. The van der Waals surface area contributed by atoms with Gasteiger partial charge in [-0.25, -0.2) is 4.79 Å². The predicted molar refractivity (Wildman–Crippen MR) is 63.3 cm³/mol. The Bertz CT molecular complexity index is 424. The molecule has 0 aliphatic heterocycles. The normalized spacial score (nSPS) is 11.6. The first-order chi connectivity index (χ1) is 8.22. The van der Waals surface area contributed by atoms with Crippen molar-refractivity contribution in [2.24, 2.45) is 0 Å². The second-order valence-corrected chi connectivity index (χ2v) is 3.68. The van der Waals surface area contributed by atoms with E-state index in [1.807, 2.05) is 19.9 Å². The number of ether oxygens (including phenoxy) is 1. The summed E-state index contributed by atoms with van der Waals surface area (Å²) >= 11 is 0. The van der Waals surface area contributed by atoms with Gasteiger partial charge in [0.25, 0.3) is 0 Å². The van der Waals surface area contributed by atoms with Crippen molar-refractivity contribution in [3.63, 3.8) is 0 Å². The van der Waals surface area contributed by atoms with Crippen LogP contribution in [0.5, 0.6) is 0 Å². The minimum absolute atomic E-state index is 0.231. The minimum atomic E-state index is -0.369. The summed E-state index contributed by atoms with van der Waals surface area (Å²) in [4.78, 5) is 15.9. The van der Waals surface area contributed by atoms with Gasteiger partial charge in [0.2, 0.25) is 0 Å². The molecule has 1 rings (SSSR count). The third kappa shape index (κ3) is 3.56. The summed E-state index contributed by atoms with van der Waals surface area (Å²) < 4.78 is 5.28. The molecule has 17 heavy (non-hydrogen) atoms. The SMILES string of the molecule is CCc1cnccc1C(=O)O[C@@H](CC)CC#N. The fourth-order valence-corrected chi connectivity index (χ4v) is 1.49. The average molecular weight is 232 g/mol. The van der Waals surface area contributed by atoms with Crippen LogP contribution < -0.4 is 0 Å². The number of aryl methyl sites for hydroxylation is 1. The number of esters is 1. The summed E-state index contributed by atoms with van der Waals surface area (Å²) in [6.45, 7) is 3.85. The van der Waals surface area contributed by atoms with Gasteiger partial charge in [0.15, 0.2) is 0 Å². The van der Waals surface area contributed by atoms with Crippen molar-refractivity contribution in [2.45, 2.75) is 39.2 Å². The number of carbonyl (C=O) groups is 1. The summed E-state index contributed by atoms with van der Waals surface area (Å²) in [7, 11) is 0. The Labute approximate surface area is 101 Å². The smallest absolute Gasteiger partial charge is 0.338 e. The van der Waals surface area contributed by atoms with E-state index in [4.69, 9.17) is 10.00 Å². The number of nitriles is 1. The molecule has 1 aromatic rings. The van der Waals surface area contributed by atoms with Gasteiger partial charge in [-0.05, 0) is 24.5 Å². The Morgan fingerprint density at radius 1 is 1.59 bits per heavy atom. The van der Waals surface area contributed by atoms with Crippen molar-refractivity contribution in [3.05, 3.63) is 29.6 Å². The van der Waals surface area contributed by atoms with Crippen LogP contribution in [0.15, 0.2) is 18.5 Å². The maximum absolute atomic E-state index is 11.9. The third-order valence-electron chi connectivity index (χ3n) is 2.55. The highest BCUT2D eigenvalue weighted by Crippen LogP contribution is 2.12. The first-order valence-corrected chi connectivity index (χ1v) is 5.73. The monoisotopic (exact) mass is 232 g/mol. The first kappa shape index (κ1) is 13.2. The van der Waals surface area contributed by atoms with E-state index in [0.29, 0.717) is 12.0 Å². The van der Waals surface area contributed by atoms with Crippen LogP contribution >= 0.6 is 0 Å². The molecule has 1 atom stereocenters. The van der Waals surface area contributed by atoms with Crippen molar-refractivity contribution in [1.82, 2.24) is 4.98 Å². The summed E-state index contributed by atoms with van der Waals surface area (Å²) in [6, 6.07) is 3.67. The maximum Gasteiger partial charge on any atom is 0.338 e. The van der Waals surface area contributed by atoms with E-state index >= 15 is 0 Å². The quantitative estimate of drug-likeness (QED) is 0.732. The van der Waals surface area contributed by atoms with Gasteiger partial charge in [-0.2, -0.15) is 5.26 Å². The number of nitrogens with zero attached hydrogens (tertiary/aromatic N) is 2. The number of pyridine rings is 1. The summed E-state index contributed by atoms with van der Waals surface area (Å²) in [6.07, 6.45) is 4.52. The van der Waals surface area contributed by atoms with Gasteiger partial charge in [-0.1, -0.05) is 13.8 Å². The summed E-state index contributed by atoms with van der Waals surface area (Å²) in [5, 5.41) is 8.60. The molecule has 0 radical (unpaired) electrons. The van der Waals surface area contributed by atoms with Crippen LogP contribution in [0.2, 0.25) is 0 Å². The number of hydrogen-bond donors (Lipinski definition) is 0. The maximum atomic E-state index is 11.9. The van der Waals surface area contributed by atoms with E-state index in [1.165, 1.54) is 0 Å². The molecule has 0 aliphatic rings. The van der Waals surface area contributed by atoms with Crippen LogP contribution in [0.1, 0.15) is 42.6 Å². The number of aromatic nitrogens is 1. The standard InChI is InChI=1S/C13H16N2O2/c1-3-10-9-15-8-6-12(10)13(16)17-11(4-2)5-7-14/h6,8-9,11H,3-5H2,1-2H3/t11-/m0/s1. The van der Waals surface area contributed by atoms with E-state index in [0.717, 1.165) is 12.0 Å². The van der Waals surface area contributed by atoms with E-state index in [9.17, 15) is 4.79 Å². The molecule has 1 aromatic heterocycles. The molecule has 0 saturated heterocycles. The first-order valence-electron chi connectivity index (χ1n) is 5.73. The lowest BCUT2D eigenvalue weighted by Crippen LogP contribution is -2.18. The minimum Gasteiger partial charge on any atom is -0.458 e. The molecule has 0 fully saturated rings. The zero-order valence-corrected chi connectivity index (χ0v) is 10.1. The van der Waals surface area contributed by atoms with Crippen LogP contribution in [0, 0.1) is 11.3 Å². The molecule has 0 bridgehead atoms. The molecule has 90 valence electrons. The Balaban J connectivity index is 2.79. The lowest BCUT2D eigenvalue weighted by molar-refractivity contribution is 0.0302. The van der Waals surface area contributed by atoms with Crippen LogP contribution in [0.4, 0.5) is 0 Å². The van der Waals surface area contributed by atoms with E-state index in [-0.39, 0.29) is 18.5 Å². The molecule has 0 saturated carbocycles. The lowest BCUT2D eigenvalue weighted by atomic mass is 10.1. The fourth-order valence-electron chi connectivity index (χ4n) is 1.49. The zero-order chi connectivity index (χ0) is 12.7. The molecule has 0 amide bonds. The van der Waals surface area contributed by atoms with Crippen LogP contribution in [0.25, 0.3) is 0 Å². The average Bonchev–Trinajstić information content (AvgIpc) is 2.38. The molecule has 4 nitrogen and oxygen atoms in total. The molecule has 1 heterocycles. The molecule has 4 heteroatoms. The van der Waals surface area contributed by atoms with Gasteiger partial charge < -0.3 is 4.74 Å². The van der Waals surface area contributed by atoms with Crippen molar-refractivity contribution in [1.29, 1.82) is 5.26 Å². The Kier molecular flexibility index (Phi) is 5.15. The number of hydrogen-bond acceptors (Lipinski definition) is 4. The second-order valence-electron chi connectivity index (χ2n) is 3.68. The van der Waals surface area contributed by atoms with Gasteiger partial charge in [-0.3, -0.25) is 4.98 Å². The van der Waals surface area contributed by atoms with Crippen molar-refractivity contribution >= 4 is 5.97 Å². The Morgan fingerprint density at radius 3 is 2.94 bits per heavy atom. The van der Waals surface area contributed by atoms with Crippen molar-refractivity contribution < 1.29 is 9.53 Å². The highest BCUT2D eigenvalue weighted by atomic mass is 16.5. The highest BCUT2D eigenvalue weighted by molar-refractivity contribution is 5.91. The van der Waals surface area contributed by atoms with Crippen molar-refractivity contribution in [3.8, 4) is 6.07 Å². The van der Waals surface area contributed by atoms with E-state index in [2.05, 4.69) is 4.98 Å². The second kappa shape index (κ2) is 6.64. The van der Waals surface area contributed by atoms with E-state index in [1.54, 1.807) is 18.5 Å². The van der Waals surface area contributed by atoms with E-state index < -0.39 is 0 Å². The lowest BCUT2D eigenvalue weighted by Gasteiger charge is -2.14. The highest BCUT2D eigenvalue weighted by Gasteiger charge is 2.16. The molecule has 0 N–H and O–H groups in total. The van der Waals surface area contributed by atoms with Gasteiger partial charge in [0.05, 0.1) is 18.1 Å². The van der Waals surface area contributed by atoms with Gasteiger partial charge >= 0.3 is 5.97 Å². The Morgan fingerprint density at radius 2 is 2.35 bits per heavy atom. The predicted octanol–water partition coefficient (Wildman–Crippen LogP) is 2.49. The fraction of sp³-hybridized carbons (Fsp3) is 0.462. The summed E-state index contributed by atoms with van der Waals surface area (Å²) in [5.41, 5.74) is 1.41. The topological polar surface area (TPSA) is 63.0 Å². The molecule has 0 aromatic carbocycles. The van der Waals surface area contributed by atoms with Gasteiger partial charge in [0, 0.05) is 12.4 Å². The largest absolute Gasteiger partial charge is 0.458 e. The number of carbonyl (C=O) groups excluding carboxylic acids is 1.